The second kappa shape index (κ2) is 3.93. The van der Waals surface area contributed by atoms with E-state index in [1.54, 1.807) is 12.3 Å². The van der Waals surface area contributed by atoms with Crippen LogP contribution in [0.25, 0.3) is 21.9 Å². The van der Waals surface area contributed by atoms with Gasteiger partial charge in [-0.2, -0.15) is 0 Å². The molecule has 0 saturated carbocycles. The quantitative estimate of drug-likeness (QED) is 0.684. The number of benzene rings is 1. The molecule has 0 spiro atoms. The van der Waals surface area contributed by atoms with Crippen LogP contribution < -0.4 is 5.32 Å². The van der Waals surface area contributed by atoms with Crippen LogP contribution in [0.1, 0.15) is 24.5 Å². The van der Waals surface area contributed by atoms with Crippen molar-refractivity contribution >= 4 is 33.8 Å². The third-order valence-electron chi connectivity index (χ3n) is 3.65. The van der Waals surface area contributed by atoms with Gasteiger partial charge in [-0.1, -0.05) is 5.16 Å². The standard InChI is InChI=1S/C14H10N2O4/c17-10-4-2-8(14(18)15-10)12-11-9(20-16-12)3-1-7-5-6-19-13(7)11/h1,3,5-6,8H,2,4H2,(H,15,17,18)/t8-/m1/s1. The summed E-state index contributed by atoms with van der Waals surface area (Å²) in [5, 5.41) is 7.99. The fourth-order valence-corrected chi connectivity index (χ4v) is 2.67. The molecule has 6 heteroatoms. The monoisotopic (exact) mass is 270 g/mol. The summed E-state index contributed by atoms with van der Waals surface area (Å²) in [7, 11) is 0. The van der Waals surface area contributed by atoms with Crippen molar-refractivity contribution in [1.82, 2.24) is 10.5 Å². The summed E-state index contributed by atoms with van der Waals surface area (Å²) < 4.78 is 10.8. The average molecular weight is 270 g/mol. The second-order valence-electron chi connectivity index (χ2n) is 4.85. The predicted molar refractivity (Wildman–Crippen MR) is 68.9 cm³/mol. The number of rotatable bonds is 1. The molecule has 3 heterocycles. The third-order valence-corrected chi connectivity index (χ3v) is 3.65. The van der Waals surface area contributed by atoms with Gasteiger partial charge in [0, 0.05) is 11.8 Å². The van der Waals surface area contributed by atoms with Crippen molar-refractivity contribution in [2.75, 3.05) is 0 Å². The molecule has 2 amide bonds. The van der Waals surface area contributed by atoms with Crippen molar-refractivity contribution in [3.8, 4) is 0 Å². The lowest BCUT2D eigenvalue weighted by atomic mass is 9.92. The van der Waals surface area contributed by atoms with Gasteiger partial charge >= 0.3 is 0 Å². The van der Waals surface area contributed by atoms with Gasteiger partial charge in [-0.15, -0.1) is 0 Å². The number of fused-ring (bicyclic) bond motifs is 3. The molecule has 1 fully saturated rings. The Morgan fingerprint density at radius 1 is 1.25 bits per heavy atom. The molecule has 1 N–H and O–H groups in total. The molecular formula is C14H10N2O4. The van der Waals surface area contributed by atoms with E-state index in [2.05, 4.69) is 10.5 Å². The lowest BCUT2D eigenvalue weighted by Gasteiger charge is -2.18. The minimum atomic E-state index is -0.482. The first-order valence-electron chi connectivity index (χ1n) is 6.33. The normalized spacial score (nSPS) is 19.7. The first-order chi connectivity index (χ1) is 9.74. The maximum Gasteiger partial charge on any atom is 0.235 e. The molecule has 4 rings (SSSR count). The largest absolute Gasteiger partial charge is 0.463 e. The van der Waals surface area contributed by atoms with E-state index in [9.17, 15) is 9.59 Å². The van der Waals surface area contributed by atoms with Crippen LogP contribution in [0.15, 0.2) is 33.4 Å². The van der Waals surface area contributed by atoms with E-state index in [1.807, 2.05) is 12.1 Å². The highest BCUT2D eigenvalue weighted by atomic mass is 16.5. The average Bonchev–Trinajstić information content (AvgIpc) is 3.03. The van der Waals surface area contributed by atoms with Crippen LogP contribution in [0.2, 0.25) is 0 Å². The maximum absolute atomic E-state index is 12.0. The Hall–Kier alpha value is -2.63. The number of hydrogen-bond donors (Lipinski definition) is 1. The maximum atomic E-state index is 12.0. The molecule has 0 aliphatic carbocycles. The van der Waals surface area contributed by atoms with Gasteiger partial charge < -0.3 is 8.94 Å². The molecular weight excluding hydrogens is 260 g/mol. The van der Waals surface area contributed by atoms with E-state index in [1.165, 1.54) is 0 Å². The smallest absolute Gasteiger partial charge is 0.235 e. The van der Waals surface area contributed by atoms with Crippen LogP contribution in [-0.2, 0) is 9.59 Å². The number of nitrogens with one attached hydrogen (secondary N) is 1. The first-order valence-corrected chi connectivity index (χ1v) is 6.33. The van der Waals surface area contributed by atoms with Gasteiger partial charge in [0.15, 0.2) is 5.58 Å². The van der Waals surface area contributed by atoms with Crippen LogP contribution >= 0.6 is 0 Å². The first kappa shape index (κ1) is 11.2. The van der Waals surface area contributed by atoms with Crippen LogP contribution in [0.5, 0.6) is 0 Å². The summed E-state index contributed by atoms with van der Waals surface area (Å²) in [5.74, 6) is -1.06. The number of imide groups is 1. The molecule has 0 bridgehead atoms. The highest BCUT2D eigenvalue weighted by Gasteiger charge is 2.32. The Morgan fingerprint density at radius 3 is 3.00 bits per heavy atom. The topological polar surface area (TPSA) is 85.3 Å². The van der Waals surface area contributed by atoms with Gasteiger partial charge in [0.25, 0.3) is 0 Å². The third kappa shape index (κ3) is 1.48. The number of aromatic nitrogens is 1. The molecule has 1 aliphatic heterocycles. The molecule has 1 aromatic carbocycles. The van der Waals surface area contributed by atoms with E-state index < -0.39 is 5.92 Å². The molecule has 6 nitrogen and oxygen atoms in total. The van der Waals surface area contributed by atoms with Gasteiger partial charge in [0.1, 0.15) is 11.3 Å². The molecule has 0 unspecified atom stereocenters. The summed E-state index contributed by atoms with van der Waals surface area (Å²) in [6.45, 7) is 0. The van der Waals surface area contributed by atoms with Crippen LogP contribution in [0.3, 0.4) is 0 Å². The van der Waals surface area contributed by atoms with Crippen LogP contribution in [-0.4, -0.2) is 17.0 Å². The molecule has 0 radical (unpaired) electrons. The number of amides is 2. The van der Waals surface area contributed by atoms with E-state index >= 15 is 0 Å². The van der Waals surface area contributed by atoms with Gasteiger partial charge in [-0.25, -0.2) is 0 Å². The van der Waals surface area contributed by atoms with E-state index in [0.29, 0.717) is 35.1 Å². The van der Waals surface area contributed by atoms with Gasteiger partial charge in [0.05, 0.1) is 17.6 Å². The van der Waals surface area contributed by atoms with Gasteiger partial charge in [-0.05, 0) is 24.6 Å². The highest BCUT2D eigenvalue weighted by molar-refractivity contribution is 6.07. The Bertz CT molecular complexity index is 845. The van der Waals surface area contributed by atoms with Crippen molar-refractivity contribution in [3.05, 3.63) is 30.2 Å². The number of carbonyl (C=O) groups excluding carboxylic acids is 2. The van der Waals surface area contributed by atoms with E-state index in [0.717, 1.165) is 5.39 Å². The van der Waals surface area contributed by atoms with E-state index in [-0.39, 0.29) is 11.8 Å². The van der Waals surface area contributed by atoms with Gasteiger partial charge in [-0.3, -0.25) is 14.9 Å². The molecule has 100 valence electrons. The van der Waals surface area contributed by atoms with Crippen molar-refractivity contribution in [3.63, 3.8) is 0 Å². The van der Waals surface area contributed by atoms with Crippen molar-refractivity contribution in [1.29, 1.82) is 0 Å². The number of furan rings is 1. The van der Waals surface area contributed by atoms with Gasteiger partial charge in [0.2, 0.25) is 11.8 Å². The molecule has 3 aromatic rings. The summed E-state index contributed by atoms with van der Waals surface area (Å²) in [6, 6.07) is 5.52. The number of piperidine rings is 1. The van der Waals surface area contributed by atoms with E-state index in [4.69, 9.17) is 8.94 Å². The minimum Gasteiger partial charge on any atom is -0.463 e. The fraction of sp³-hybridized carbons (Fsp3) is 0.214. The van der Waals surface area contributed by atoms with Crippen LogP contribution in [0.4, 0.5) is 0 Å². The van der Waals surface area contributed by atoms with Crippen molar-refractivity contribution in [2.45, 2.75) is 18.8 Å². The van der Waals surface area contributed by atoms with Crippen molar-refractivity contribution < 1.29 is 18.5 Å². The Kier molecular flexibility index (Phi) is 2.20. The number of nitrogens with zero attached hydrogens (tertiary/aromatic N) is 1. The zero-order valence-corrected chi connectivity index (χ0v) is 10.4. The lowest BCUT2D eigenvalue weighted by molar-refractivity contribution is -0.134. The summed E-state index contributed by atoms with van der Waals surface area (Å²) >= 11 is 0. The SMILES string of the molecule is O=C1CC[C@H](c2noc3ccc4ccoc4c23)C(=O)N1. The molecule has 1 aliphatic rings. The minimum absolute atomic E-state index is 0.248. The Balaban J connectivity index is 1.93. The summed E-state index contributed by atoms with van der Waals surface area (Å²) in [4.78, 5) is 23.2. The predicted octanol–water partition coefficient (Wildman–Crippen LogP) is 2.09. The van der Waals surface area contributed by atoms with Crippen LogP contribution in [0, 0.1) is 0 Å². The Morgan fingerprint density at radius 2 is 2.15 bits per heavy atom. The summed E-state index contributed by atoms with van der Waals surface area (Å²) in [5.41, 5.74) is 1.76. The highest BCUT2D eigenvalue weighted by Crippen LogP contribution is 2.35. The number of carbonyl (C=O) groups is 2. The molecule has 2 aromatic heterocycles. The fourth-order valence-electron chi connectivity index (χ4n) is 2.67. The zero-order valence-electron chi connectivity index (χ0n) is 10.4. The Labute approximate surface area is 112 Å². The molecule has 1 atom stereocenters. The lowest BCUT2D eigenvalue weighted by Crippen LogP contribution is -2.39. The second-order valence-corrected chi connectivity index (χ2v) is 4.85. The molecule has 20 heavy (non-hydrogen) atoms. The molecule has 1 saturated heterocycles. The van der Waals surface area contributed by atoms with Crippen molar-refractivity contribution in [2.24, 2.45) is 0 Å². The zero-order chi connectivity index (χ0) is 13.7. The summed E-state index contributed by atoms with van der Waals surface area (Å²) in [6.07, 6.45) is 2.33. The number of hydrogen-bond acceptors (Lipinski definition) is 5.